The van der Waals surface area contributed by atoms with E-state index in [0.717, 1.165) is 36.4 Å². The first-order valence-corrected chi connectivity index (χ1v) is 8.24. The third-order valence-electron chi connectivity index (χ3n) is 4.07. The van der Waals surface area contributed by atoms with Gasteiger partial charge in [0.25, 0.3) is 0 Å². The first kappa shape index (κ1) is 15.5. The van der Waals surface area contributed by atoms with Crippen LogP contribution in [0.25, 0.3) is 0 Å². The van der Waals surface area contributed by atoms with Crippen LogP contribution < -0.4 is 0 Å². The molecule has 0 amide bonds. The molecule has 2 rings (SSSR count). The lowest BCUT2D eigenvalue weighted by Gasteiger charge is -2.41. The van der Waals surface area contributed by atoms with E-state index >= 15 is 0 Å². The summed E-state index contributed by atoms with van der Waals surface area (Å²) in [5, 5.41) is 1.79. The van der Waals surface area contributed by atoms with Crippen LogP contribution >= 0.6 is 11.8 Å². The molecule has 0 aromatic carbocycles. The Balaban J connectivity index is 2.03. The Morgan fingerprint density at radius 2 is 2.35 bits per heavy atom. The van der Waals surface area contributed by atoms with Crippen molar-refractivity contribution in [1.29, 1.82) is 0 Å². The molecule has 1 heterocycles. The molecule has 1 aliphatic heterocycles. The van der Waals surface area contributed by atoms with Gasteiger partial charge in [-0.2, -0.15) is 0 Å². The summed E-state index contributed by atoms with van der Waals surface area (Å²) in [5.74, 6) is 2.59. The fourth-order valence-corrected chi connectivity index (χ4v) is 2.68. The van der Waals surface area contributed by atoms with Crippen molar-refractivity contribution in [2.45, 2.75) is 45.8 Å². The smallest absolute Gasteiger partial charge is 0.210 e. The predicted octanol–water partition coefficient (Wildman–Crippen LogP) is 4.58. The number of thioether (sulfide) groups is 1. The van der Waals surface area contributed by atoms with Gasteiger partial charge in [-0.1, -0.05) is 32.2 Å². The Morgan fingerprint density at radius 1 is 1.55 bits per heavy atom. The van der Waals surface area contributed by atoms with Crippen LogP contribution in [-0.4, -0.2) is 18.3 Å². The summed E-state index contributed by atoms with van der Waals surface area (Å²) in [5.41, 5.74) is 1.12. The molecule has 4 heteroatoms. The van der Waals surface area contributed by atoms with Gasteiger partial charge in [0.1, 0.15) is 11.7 Å². The van der Waals surface area contributed by atoms with E-state index in [9.17, 15) is 0 Å². The highest BCUT2D eigenvalue weighted by atomic mass is 32.2. The molecule has 0 spiro atoms. The van der Waals surface area contributed by atoms with Crippen molar-refractivity contribution >= 4 is 11.8 Å². The van der Waals surface area contributed by atoms with Crippen LogP contribution in [0, 0.1) is 5.92 Å². The van der Waals surface area contributed by atoms with Crippen molar-refractivity contribution in [2.24, 2.45) is 5.92 Å². The normalized spacial score (nSPS) is 27.2. The molecular weight excluding hydrogens is 272 g/mol. The summed E-state index contributed by atoms with van der Waals surface area (Å²) >= 11 is 1.56. The average molecular weight is 296 g/mol. The largest absolute Gasteiger partial charge is 0.487 e. The third kappa shape index (κ3) is 3.41. The van der Waals surface area contributed by atoms with Crippen molar-refractivity contribution in [3.8, 4) is 0 Å². The second kappa shape index (κ2) is 6.72. The first-order chi connectivity index (χ1) is 9.59. The molecule has 0 bridgehead atoms. The summed E-state index contributed by atoms with van der Waals surface area (Å²) in [7, 11) is 0. The Hall–Kier alpha value is -0.870. The van der Waals surface area contributed by atoms with Crippen LogP contribution in [-0.2, 0) is 14.2 Å². The van der Waals surface area contributed by atoms with E-state index in [4.69, 9.17) is 14.2 Å². The second-order valence-corrected chi connectivity index (χ2v) is 6.27. The monoisotopic (exact) mass is 296 g/mol. The molecule has 2 unspecified atom stereocenters. The summed E-state index contributed by atoms with van der Waals surface area (Å²) < 4.78 is 17.8. The molecule has 0 fully saturated rings. The van der Waals surface area contributed by atoms with E-state index in [-0.39, 0.29) is 0 Å². The zero-order valence-electron chi connectivity index (χ0n) is 12.6. The van der Waals surface area contributed by atoms with E-state index in [2.05, 4.69) is 26.5 Å². The summed E-state index contributed by atoms with van der Waals surface area (Å²) in [6.07, 6.45) is 4.91. The quantitative estimate of drug-likeness (QED) is 0.530. The number of rotatable bonds is 6. The molecule has 2 atom stereocenters. The summed E-state index contributed by atoms with van der Waals surface area (Å²) in [6.45, 7) is 10.7. The van der Waals surface area contributed by atoms with Gasteiger partial charge < -0.3 is 14.2 Å². The second-order valence-electron chi connectivity index (χ2n) is 5.37. The van der Waals surface area contributed by atoms with Gasteiger partial charge in [0, 0.05) is 31.3 Å². The Morgan fingerprint density at radius 3 is 3.05 bits per heavy atom. The zero-order chi connectivity index (χ0) is 14.6. The highest BCUT2D eigenvalue weighted by Gasteiger charge is 2.38. The lowest BCUT2D eigenvalue weighted by atomic mass is 9.96. The molecule has 0 N–H and O–H groups in total. The molecule has 0 aromatic rings. The van der Waals surface area contributed by atoms with E-state index in [0.29, 0.717) is 18.5 Å². The molecular formula is C16H24O3S. The summed E-state index contributed by atoms with van der Waals surface area (Å²) in [4.78, 5) is 0. The minimum atomic E-state index is -0.488. The van der Waals surface area contributed by atoms with Crippen molar-refractivity contribution in [1.82, 2.24) is 0 Å². The lowest BCUT2D eigenvalue weighted by molar-refractivity contribution is -0.243. The maximum Gasteiger partial charge on any atom is 0.210 e. The number of hydrogen-bond donors (Lipinski definition) is 0. The van der Waals surface area contributed by atoms with Crippen molar-refractivity contribution in [2.75, 3.05) is 12.5 Å². The highest BCUT2D eigenvalue weighted by Crippen LogP contribution is 2.38. The third-order valence-corrected chi connectivity index (χ3v) is 4.56. The van der Waals surface area contributed by atoms with Crippen LogP contribution in [0.5, 0.6) is 0 Å². The van der Waals surface area contributed by atoms with Crippen molar-refractivity contribution in [3.05, 3.63) is 35.2 Å². The van der Waals surface area contributed by atoms with Gasteiger partial charge in [0.15, 0.2) is 0 Å². The van der Waals surface area contributed by atoms with Crippen LogP contribution in [0.1, 0.15) is 40.0 Å². The van der Waals surface area contributed by atoms with Gasteiger partial charge in [-0.25, -0.2) is 0 Å². The van der Waals surface area contributed by atoms with Gasteiger partial charge in [-0.3, -0.25) is 0 Å². The number of ether oxygens (including phenoxy) is 3. The van der Waals surface area contributed by atoms with E-state index in [1.807, 2.05) is 6.92 Å². The first-order valence-electron chi connectivity index (χ1n) is 7.20. The lowest BCUT2D eigenvalue weighted by Crippen LogP contribution is -2.42. The van der Waals surface area contributed by atoms with E-state index < -0.39 is 5.79 Å². The Labute approximate surface area is 126 Å². The fraction of sp³-hybridized carbons (Fsp3) is 0.625. The molecule has 2 aliphatic rings. The molecule has 112 valence electrons. The fourth-order valence-electron chi connectivity index (χ4n) is 2.36. The van der Waals surface area contributed by atoms with Gasteiger partial charge in [-0.05, 0) is 17.9 Å². The molecule has 3 nitrogen and oxygen atoms in total. The van der Waals surface area contributed by atoms with Crippen LogP contribution in [0.15, 0.2) is 35.2 Å². The van der Waals surface area contributed by atoms with Crippen molar-refractivity contribution in [3.63, 3.8) is 0 Å². The van der Waals surface area contributed by atoms with E-state index in [1.165, 1.54) is 0 Å². The number of allylic oxidation sites excluding steroid dienone is 2. The SMILES string of the molecule is C=CSCOC1=CC2=C(CC1)OC(C)(C(C)CC)OC2. The molecule has 0 saturated heterocycles. The zero-order valence-corrected chi connectivity index (χ0v) is 13.4. The standard InChI is InChI=1S/C16H24O3S/c1-5-12(3)16(4)18-10-13-9-14(17-11-20-6-2)7-8-15(13)19-16/h6,9,12H,2,5,7-8,10-11H2,1,3-4H3. The Kier molecular flexibility index (Phi) is 5.22. The number of hydrogen-bond acceptors (Lipinski definition) is 4. The maximum atomic E-state index is 6.14. The van der Waals surface area contributed by atoms with Gasteiger partial charge in [0.2, 0.25) is 5.79 Å². The minimum absolute atomic E-state index is 0.377. The highest BCUT2D eigenvalue weighted by molar-refractivity contribution is 8.01. The molecule has 20 heavy (non-hydrogen) atoms. The van der Waals surface area contributed by atoms with Gasteiger partial charge in [0.05, 0.1) is 12.4 Å². The maximum absolute atomic E-state index is 6.14. The minimum Gasteiger partial charge on any atom is -0.487 e. The van der Waals surface area contributed by atoms with Crippen LogP contribution in [0.2, 0.25) is 0 Å². The van der Waals surface area contributed by atoms with Crippen LogP contribution in [0.4, 0.5) is 0 Å². The van der Waals surface area contributed by atoms with Gasteiger partial charge in [-0.15, -0.1) is 0 Å². The van der Waals surface area contributed by atoms with Crippen molar-refractivity contribution < 1.29 is 14.2 Å². The topological polar surface area (TPSA) is 27.7 Å². The van der Waals surface area contributed by atoms with Gasteiger partial charge >= 0.3 is 0 Å². The molecule has 0 radical (unpaired) electrons. The van der Waals surface area contributed by atoms with E-state index in [1.54, 1.807) is 17.2 Å². The average Bonchev–Trinajstić information content (AvgIpc) is 2.46. The molecule has 0 saturated carbocycles. The van der Waals surface area contributed by atoms with Crippen LogP contribution in [0.3, 0.4) is 0 Å². The Bertz CT molecular complexity index is 427. The molecule has 0 aromatic heterocycles. The predicted molar refractivity (Wildman–Crippen MR) is 83.0 cm³/mol. The molecule has 1 aliphatic carbocycles. The summed E-state index contributed by atoms with van der Waals surface area (Å²) in [6, 6.07) is 0.